The second kappa shape index (κ2) is 8.73. The Balaban J connectivity index is 2.41. The molecule has 0 saturated carbocycles. The lowest BCUT2D eigenvalue weighted by Crippen LogP contribution is -2.41. The van der Waals surface area contributed by atoms with E-state index in [4.69, 9.17) is 9.84 Å². The fraction of sp³-hybridized carbons (Fsp3) is 0.400. The Morgan fingerprint density at radius 2 is 1.90 bits per heavy atom. The van der Waals surface area contributed by atoms with Crippen LogP contribution in [0, 0.1) is 0 Å². The molecule has 1 atom stereocenters. The van der Waals surface area contributed by atoms with Crippen molar-refractivity contribution in [3.05, 3.63) is 35.9 Å². The highest BCUT2D eigenvalue weighted by atomic mass is 16.5. The van der Waals surface area contributed by atoms with E-state index < -0.39 is 18.1 Å². The van der Waals surface area contributed by atoms with E-state index in [9.17, 15) is 14.4 Å². The number of carbonyl (C=O) groups excluding carboxylic acids is 2. The maximum Gasteiger partial charge on any atom is 0.408 e. The van der Waals surface area contributed by atoms with Crippen LogP contribution in [0.15, 0.2) is 30.3 Å². The van der Waals surface area contributed by atoms with Gasteiger partial charge in [-0.3, -0.25) is 4.79 Å². The molecule has 0 spiro atoms. The van der Waals surface area contributed by atoms with Crippen molar-refractivity contribution in [2.45, 2.75) is 38.8 Å². The molecule has 0 saturated heterocycles. The predicted molar refractivity (Wildman–Crippen MR) is 75.7 cm³/mol. The van der Waals surface area contributed by atoms with Gasteiger partial charge in [-0.15, -0.1) is 0 Å². The minimum absolute atomic E-state index is 0.0410. The van der Waals surface area contributed by atoms with Gasteiger partial charge >= 0.3 is 12.1 Å². The molecular weight excluding hydrogens is 274 g/mol. The van der Waals surface area contributed by atoms with Crippen molar-refractivity contribution in [3.8, 4) is 0 Å². The van der Waals surface area contributed by atoms with E-state index in [2.05, 4.69) is 5.32 Å². The minimum Gasteiger partial charge on any atom is -0.480 e. The molecule has 0 heterocycles. The van der Waals surface area contributed by atoms with Crippen molar-refractivity contribution in [2.24, 2.45) is 0 Å². The van der Waals surface area contributed by atoms with Crippen LogP contribution in [-0.2, 0) is 20.9 Å². The molecule has 1 unspecified atom stereocenters. The van der Waals surface area contributed by atoms with Crippen LogP contribution in [0.2, 0.25) is 0 Å². The summed E-state index contributed by atoms with van der Waals surface area (Å²) in [5.41, 5.74) is 0.806. The summed E-state index contributed by atoms with van der Waals surface area (Å²) in [6.07, 6.45) is -0.283. The van der Waals surface area contributed by atoms with Crippen molar-refractivity contribution in [2.75, 3.05) is 0 Å². The third-order valence-electron chi connectivity index (χ3n) is 2.91. The number of aliphatic carboxylic acids is 1. The first-order valence-electron chi connectivity index (χ1n) is 6.74. The molecule has 1 aromatic carbocycles. The molecule has 6 heteroatoms. The van der Waals surface area contributed by atoms with Gasteiger partial charge in [0, 0.05) is 12.8 Å². The standard InChI is InChI=1S/C15H19NO5/c1-2-12(17)8-9-13(14(18)19)16-15(20)21-10-11-6-4-3-5-7-11/h3-7,13H,2,8-10H2,1H3,(H,16,20)(H,18,19). The van der Waals surface area contributed by atoms with Crippen molar-refractivity contribution in [3.63, 3.8) is 0 Å². The third kappa shape index (κ3) is 6.56. The first-order valence-corrected chi connectivity index (χ1v) is 6.74. The lowest BCUT2D eigenvalue weighted by Gasteiger charge is -2.14. The normalized spacial score (nSPS) is 11.5. The SMILES string of the molecule is CCC(=O)CCC(NC(=O)OCc1ccccc1)C(=O)O. The number of ketones is 1. The molecule has 1 aromatic rings. The monoisotopic (exact) mass is 293 g/mol. The van der Waals surface area contributed by atoms with E-state index >= 15 is 0 Å². The minimum atomic E-state index is -1.18. The van der Waals surface area contributed by atoms with E-state index in [1.54, 1.807) is 19.1 Å². The van der Waals surface area contributed by atoms with E-state index in [1.807, 2.05) is 18.2 Å². The number of carboxylic acid groups (broad SMARTS) is 1. The van der Waals surface area contributed by atoms with Crippen LogP contribution in [0.25, 0.3) is 0 Å². The van der Waals surface area contributed by atoms with Gasteiger partial charge in [0.15, 0.2) is 0 Å². The molecular formula is C15H19NO5. The average molecular weight is 293 g/mol. The molecule has 114 valence electrons. The Hall–Kier alpha value is -2.37. The summed E-state index contributed by atoms with van der Waals surface area (Å²) in [6, 6.07) is 7.93. The molecule has 2 N–H and O–H groups in total. The summed E-state index contributed by atoms with van der Waals surface area (Å²) in [4.78, 5) is 33.8. The summed E-state index contributed by atoms with van der Waals surface area (Å²) in [6.45, 7) is 1.77. The lowest BCUT2D eigenvalue weighted by atomic mass is 10.1. The number of alkyl carbamates (subject to hydrolysis) is 1. The lowest BCUT2D eigenvalue weighted by molar-refractivity contribution is -0.139. The molecule has 1 amide bonds. The molecule has 0 fully saturated rings. The van der Waals surface area contributed by atoms with E-state index in [0.717, 1.165) is 5.56 Å². The maximum absolute atomic E-state index is 11.6. The highest BCUT2D eigenvalue weighted by molar-refractivity contribution is 5.82. The zero-order valence-electron chi connectivity index (χ0n) is 11.9. The topological polar surface area (TPSA) is 92.7 Å². The predicted octanol–water partition coefficient (Wildman–Crippen LogP) is 2.13. The number of carbonyl (C=O) groups is 3. The zero-order chi connectivity index (χ0) is 15.7. The average Bonchev–Trinajstić information content (AvgIpc) is 2.49. The summed E-state index contributed by atoms with van der Waals surface area (Å²) < 4.78 is 4.94. The van der Waals surface area contributed by atoms with Gasteiger partial charge in [-0.2, -0.15) is 0 Å². The van der Waals surface area contributed by atoms with Crippen molar-refractivity contribution >= 4 is 17.8 Å². The fourth-order valence-corrected chi connectivity index (χ4v) is 1.65. The van der Waals surface area contributed by atoms with Gasteiger partial charge in [0.2, 0.25) is 0 Å². The Morgan fingerprint density at radius 1 is 1.24 bits per heavy atom. The van der Waals surface area contributed by atoms with Crippen LogP contribution >= 0.6 is 0 Å². The number of hydrogen-bond donors (Lipinski definition) is 2. The second-order valence-corrected chi connectivity index (χ2v) is 4.53. The van der Waals surface area contributed by atoms with Gasteiger partial charge in [-0.1, -0.05) is 37.3 Å². The van der Waals surface area contributed by atoms with Gasteiger partial charge in [-0.05, 0) is 12.0 Å². The van der Waals surface area contributed by atoms with Crippen LogP contribution in [0.3, 0.4) is 0 Å². The Morgan fingerprint density at radius 3 is 2.48 bits per heavy atom. The largest absolute Gasteiger partial charge is 0.480 e. The number of rotatable bonds is 8. The summed E-state index contributed by atoms with van der Waals surface area (Å²) >= 11 is 0. The summed E-state index contributed by atoms with van der Waals surface area (Å²) in [7, 11) is 0. The van der Waals surface area contributed by atoms with Gasteiger partial charge in [-0.25, -0.2) is 9.59 Å². The molecule has 21 heavy (non-hydrogen) atoms. The number of amides is 1. The van der Waals surface area contributed by atoms with E-state index in [1.165, 1.54) is 0 Å². The molecule has 0 radical (unpaired) electrons. The van der Waals surface area contributed by atoms with Crippen LogP contribution in [-0.4, -0.2) is 29.0 Å². The highest BCUT2D eigenvalue weighted by Crippen LogP contribution is 2.04. The molecule has 0 aliphatic heterocycles. The van der Waals surface area contributed by atoms with E-state index in [-0.39, 0.29) is 25.2 Å². The second-order valence-electron chi connectivity index (χ2n) is 4.53. The Kier molecular flexibility index (Phi) is 6.94. The molecule has 0 bridgehead atoms. The quantitative estimate of drug-likeness (QED) is 0.766. The molecule has 0 aromatic heterocycles. The van der Waals surface area contributed by atoms with Crippen molar-refractivity contribution in [1.82, 2.24) is 5.32 Å². The van der Waals surface area contributed by atoms with Gasteiger partial charge in [0.1, 0.15) is 18.4 Å². The fourth-order valence-electron chi connectivity index (χ4n) is 1.65. The summed E-state index contributed by atoms with van der Waals surface area (Å²) in [5.74, 6) is -1.23. The van der Waals surface area contributed by atoms with Crippen LogP contribution in [0.4, 0.5) is 4.79 Å². The maximum atomic E-state index is 11.6. The van der Waals surface area contributed by atoms with Gasteiger partial charge in [0.25, 0.3) is 0 Å². The van der Waals surface area contributed by atoms with Gasteiger partial charge in [0.05, 0.1) is 0 Å². The Bertz CT molecular complexity index is 486. The highest BCUT2D eigenvalue weighted by Gasteiger charge is 2.21. The first kappa shape index (κ1) is 16.7. The van der Waals surface area contributed by atoms with Crippen molar-refractivity contribution < 1.29 is 24.2 Å². The number of hydrogen-bond acceptors (Lipinski definition) is 4. The zero-order valence-corrected chi connectivity index (χ0v) is 11.9. The number of nitrogens with one attached hydrogen (secondary N) is 1. The van der Waals surface area contributed by atoms with Crippen LogP contribution in [0.1, 0.15) is 31.7 Å². The van der Waals surface area contributed by atoms with Crippen molar-refractivity contribution in [1.29, 1.82) is 0 Å². The molecule has 0 aliphatic carbocycles. The number of benzene rings is 1. The smallest absolute Gasteiger partial charge is 0.408 e. The number of carboxylic acids is 1. The molecule has 6 nitrogen and oxygen atoms in total. The third-order valence-corrected chi connectivity index (χ3v) is 2.91. The van der Waals surface area contributed by atoms with Crippen LogP contribution in [0.5, 0.6) is 0 Å². The van der Waals surface area contributed by atoms with Gasteiger partial charge < -0.3 is 15.2 Å². The first-order chi connectivity index (χ1) is 10.0. The molecule has 1 rings (SSSR count). The Labute approximate surface area is 123 Å². The van der Waals surface area contributed by atoms with E-state index in [0.29, 0.717) is 6.42 Å². The molecule has 0 aliphatic rings. The van der Waals surface area contributed by atoms with Crippen LogP contribution < -0.4 is 5.32 Å². The summed E-state index contributed by atoms with van der Waals surface area (Å²) in [5, 5.41) is 11.3. The number of ether oxygens (including phenoxy) is 1. The number of Topliss-reactive ketones (excluding diaryl/α,β-unsaturated/α-hetero) is 1.